The Hall–Kier alpha value is -2.00. The third kappa shape index (κ3) is 3.31. The lowest BCUT2D eigenvalue weighted by molar-refractivity contribution is 0.0992. The van der Waals surface area contributed by atoms with E-state index in [-0.39, 0.29) is 12.2 Å². The molecule has 0 spiro atoms. The predicted octanol–water partition coefficient (Wildman–Crippen LogP) is 3.78. The Kier molecular flexibility index (Phi) is 4.64. The molecule has 0 unspecified atom stereocenters. The van der Waals surface area contributed by atoms with Gasteiger partial charge in [0.1, 0.15) is 11.5 Å². The highest BCUT2D eigenvalue weighted by molar-refractivity contribution is 6.31. The zero-order valence-electron chi connectivity index (χ0n) is 11.4. The molecule has 4 heteroatoms. The molecule has 3 nitrogen and oxygen atoms in total. The van der Waals surface area contributed by atoms with E-state index in [9.17, 15) is 4.79 Å². The van der Waals surface area contributed by atoms with Gasteiger partial charge in [0, 0.05) is 23.1 Å². The van der Waals surface area contributed by atoms with Crippen molar-refractivity contribution in [1.82, 2.24) is 0 Å². The number of methoxy groups -OCH3 is 2. The molecule has 0 amide bonds. The first-order valence-electron chi connectivity index (χ1n) is 6.13. The first-order chi connectivity index (χ1) is 9.63. The number of carbonyl (C=O) groups is 1. The Morgan fingerprint density at radius 3 is 2.20 bits per heavy atom. The Morgan fingerprint density at radius 1 is 1.05 bits per heavy atom. The molecule has 0 saturated heterocycles. The zero-order valence-corrected chi connectivity index (χ0v) is 12.1. The summed E-state index contributed by atoms with van der Waals surface area (Å²) in [5.74, 6) is 1.15. The number of rotatable bonds is 5. The molecule has 0 aromatic heterocycles. The SMILES string of the molecule is COc1cc(OC)cc(C(=O)Cc2ccccc2Cl)c1. The maximum absolute atomic E-state index is 12.3. The highest BCUT2D eigenvalue weighted by Gasteiger charge is 2.12. The second-order valence-electron chi connectivity index (χ2n) is 4.29. The molecule has 2 rings (SSSR count). The van der Waals surface area contributed by atoms with Crippen molar-refractivity contribution in [1.29, 1.82) is 0 Å². The fourth-order valence-electron chi connectivity index (χ4n) is 1.89. The van der Waals surface area contributed by atoms with Gasteiger partial charge in [-0.05, 0) is 23.8 Å². The Bertz CT molecular complexity index is 601. The number of hydrogen-bond acceptors (Lipinski definition) is 3. The van der Waals surface area contributed by atoms with Crippen molar-refractivity contribution < 1.29 is 14.3 Å². The quantitative estimate of drug-likeness (QED) is 0.786. The zero-order chi connectivity index (χ0) is 14.5. The van der Waals surface area contributed by atoms with Gasteiger partial charge in [-0.25, -0.2) is 0 Å². The van der Waals surface area contributed by atoms with Crippen LogP contribution in [0.15, 0.2) is 42.5 Å². The normalized spacial score (nSPS) is 10.2. The molecule has 0 saturated carbocycles. The molecular weight excluding hydrogens is 276 g/mol. The minimum absolute atomic E-state index is 0.0321. The van der Waals surface area contributed by atoms with Crippen LogP contribution in [0.2, 0.25) is 5.02 Å². The van der Waals surface area contributed by atoms with Crippen molar-refractivity contribution in [2.24, 2.45) is 0 Å². The minimum atomic E-state index is -0.0321. The van der Waals surface area contributed by atoms with Gasteiger partial charge >= 0.3 is 0 Å². The fourth-order valence-corrected chi connectivity index (χ4v) is 2.09. The van der Waals surface area contributed by atoms with Gasteiger partial charge in [0.05, 0.1) is 14.2 Å². The summed E-state index contributed by atoms with van der Waals surface area (Å²) in [4.78, 5) is 12.3. The Morgan fingerprint density at radius 2 is 1.65 bits per heavy atom. The molecule has 2 aromatic carbocycles. The predicted molar refractivity (Wildman–Crippen MR) is 79.0 cm³/mol. The summed E-state index contributed by atoms with van der Waals surface area (Å²) in [5.41, 5.74) is 1.35. The minimum Gasteiger partial charge on any atom is -0.497 e. The van der Waals surface area contributed by atoms with E-state index in [4.69, 9.17) is 21.1 Å². The van der Waals surface area contributed by atoms with E-state index in [0.717, 1.165) is 5.56 Å². The van der Waals surface area contributed by atoms with E-state index in [1.54, 1.807) is 38.5 Å². The molecule has 2 aromatic rings. The average molecular weight is 291 g/mol. The van der Waals surface area contributed by atoms with Crippen LogP contribution in [-0.4, -0.2) is 20.0 Å². The monoisotopic (exact) mass is 290 g/mol. The highest BCUT2D eigenvalue weighted by atomic mass is 35.5. The van der Waals surface area contributed by atoms with E-state index in [1.165, 1.54) is 0 Å². The second kappa shape index (κ2) is 6.44. The van der Waals surface area contributed by atoms with Gasteiger partial charge < -0.3 is 9.47 Å². The molecule has 0 aliphatic heterocycles. The summed E-state index contributed by atoms with van der Waals surface area (Å²) in [6.07, 6.45) is 0.246. The maximum atomic E-state index is 12.3. The molecule has 0 radical (unpaired) electrons. The van der Waals surface area contributed by atoms with Crippen LogP contribution in [0.3, 0.4) is 0 Å². The molecule has 0 N–H and O–H groups in total. The number of carbonyl (C=O) groups excluding carboxylic acids is 1. The Balaban J connectivity index is 2.27. The van der Waals surface area contributed by atoms with Crippen LogP contribution in [0.1, 0.15) is 15.9 Å². The summed E-state index contributed by atoms with van der Waals surface area (Å²) in [5, 5.41) is 0.593. The smallest absolute Gasteiger partial charge is 0.167 e. The topological polar surface area (TPSA) is 35.5 Å². The lowest BCUT2D eigenvalue weighted by atomic mass is 10.0. The van der Waals surface area contributed by atoms with Gasteiger partial charge in [-0.2, -0.15) is 0 Å². The van der Waals surface area contributed by atoms with Crippen LogP contribution >= 0.6 is 11.6 Å². The molecule has 0 bridgehead atoms. The van der Waals surface area contributed by atoms with Gasteiger partial charge in [-0.3, -0.25) is 4.79 Å². The van der Waals surface area contributed by atoms with Crippen LogP contribution in [0.4, 0.5) is 0 Å². The first kappa shape index (κ1) is 14.4. The van der Waals surface area contributed by atoms with Crippen molar-refractivity contribution in [3.63, 3.8) is 0 Å². The fraction of sp³-hybridized carbons (Fsp3) is 0.188. The van der Waals surface area contributed by atoms with Gasteiger partial charge in [0.2, 0.25) is 0 Å². The van der Waals surface area contributed by atoms with E-state index in [1.807, 2.05) is 18.2 Å². The third-order valence-electron chi connectivity index (χ3n) is 2.98. The van der Waals surface area contributed by atoms with Crippen molar-refractivity contribution in [2.45, 2.75) is 6.42 Å². The highest BCUT2D eigenvalue weighted by Crippen LogP contribution is 2.24. The number of ketones is 1. The van der Waals surface area contributed by atoms with Crippen LogP contribution in [-0.2, 0) is 6.42 Å². The van der Waals surface area contributed by atoms with Crippen LogP contribution < -0.4 is 9.47 Å². The van der Waals surface area contributed by atoms with Gasteiger partial charge in [-0.1, -0.05) is 29.8 Å². The van der Waals surface area contributed by atoms with E-state index in [0.29, 0.717) is 22.1 Å². The van der Waals surface area contributed by atoms with Crippen molar-refractivity contribution in [2.75, 3.05) is 14.2 Å². The van der Waals surface area contributed by atoms with Crippen LogP contribution in [0.25, 0.3) is 0 Å². The molecule has 0 fully saturated rings. The molecule has 0 heterocycles. The maximum Gasteiger partial charge on any atom is 0.167 e. The van der Waals surface area contributed by atoms with Crippen molar-refractivity contribution >= 4 is 17.4 Å². The van der Waals surface area contributed by atoms with Crippen molar-refractivity contribution in [3.05, 3.63) is 58.6 Å². The van der Waals surface area contributed by atoms with Crippen LogP contribution in [0.5, 0.6) is 11.5 Å². The van der Waals surface area contributed by atoms with Gasteiger partial charge in [0.25, 0.3) is 0 Å². The molecular formula is C16H15ClO3. The lowest BCUT2D eigenvalue weighted by Crippen LogP contribution is -2.05. The number of ether oxygens (including phenoxy) is 2. The first-order valence-corrected chi connectivity index (χ1v) is 6.51. The molecule has 0 aliphatic rings. The molecule has 20 heavy (non-hydrogen) atoms. The number of Topliss-reactive ketones (excluding diaryl/α,β-unsaturated/α-hetero) is 1. The molecule has 0 atom stereocenters. The van der Waals surface area contributed by atoms with Gasteiger partial charge in [-0.15, -0.1) is 0 Å². The summed E-state index contributed by atoms with van der Waals surface area (Å²) >= 11 is 6.07. The average Bonchev–Trinajstić information content (AvgIpc) is 2.48. The summed E-state index contributed by atoms with van der Waals surface area (Å²) in [7, 11) is 3.11. The Labute approximate surface area is 123 Å². The summed E-state index contributed by atoms with van der Waals surface area (Å²) < 4.78 is 10.3. The molecule has 0 aliphatic carbocycles. The second-order valence-corrected chi connectivity index (χ2v) is 4.70. The van der Waals surface area contributed by atoms with Crippen LogP contribution in [0, 0.1) is 0 Å². The van der Waals surface area contributed by atoms with Crippen molar-refractivity contribution in [3.8, 4) is 11.5 Å². The van der Waals surface area contributed by atoms with Gasteiger partial charge in [0.15, 0.2) is 5.78 Å². The van der Waals surface area contributed by atoms with E-state index in [2.05, 4.69) is 0 Å². The number of hydrogen-bond donors (Lipinski definition) is 0. The van der Waals surface area contributed by atoms with E-state index < -0.39 is 0 Å². The number of benzene rings is 2. The number of halogens is 1. The molecule has 104 valence electrons. The summed E-state index contributed by atoms with van der Waals surface area (Å²) in [6.45, 7) is 0. The lowest BCUT2D eigenvalue weighted by Gasteiger charge is -2.08. The standard InChI is InChI=1S/C16H15ClO3/c1-19-13-7-12(8-14(10-13)20-2)16(18)9-11-5-3-4-6-15(11)17/h3-8,10H,9H2,1-2H3. The third-order valence-corrected chi connectivity index (χ3v) is 3.35. The van der Waals surface area contributed by atoms with E-state index >= 15 is 0 Å². The summed E-state index contributed by atoms with van der Waals surface area (Å²) in [6, 6.07) is 12.4. The largest absolute Gasteiger partial charge is 0.497 e.